The second kappa shape index (κ2) is 10.4. The summed E-state index contributed by atoms with van der Waals surface area (Å²) in [5.41, 5.74) is 6.19. The van der Waals surface area contributed by atoms with Crippen LogP contribution in [0.3, 0.4) is 0 Å². The van der Waals surface area contributed by atoms with Crippen LogP contribution in [0.15, 0.2) is 47.7 Å². The standard InChI is InChI=1S/C30H36N8O3S/c1-18-13-23(20(3)34-26-8-7-19(2)33-28(26)21-15-31-35(4)17-21)27-24(14-18)30(39)36(5)29-25(27)16-32-38(29)22-9-11-37(12-10-22)42(6,40)41/h7-8,13-17,20,22,34H,9-12H2,1-6H3. The van der Waals surface area contributed by atoms with Gasteiger partial charge in [-0.05, 0) is 62.9 Å². The van der Waals surface area contributed by atoms with Gasteiger partial charge in [-0.3, -0.25) is 19.0 Å². The molecule has 6 rings (SSSR count). The summed E-state index contributed by atoms with van der Waals surface area (Å²) in [6, 6.07) is 7.93. The van der Waals surface area contributed by atoms with Crippen LogP contribution in [0.5, 0.6) is 0 Å². The molecule has 5 heterocycles. The van der Waals surface area contributed by atoms with Crippen molar-refractivity contribution in [3.63, 3.8) is 0 Å². The summed E-state index contributed by atoms with van der Waals surface area (Å²) >= 11 is 0. The van der Waals surface area contributed by atoms with Crippen LogP contribution in [0, 0.1) is 13.8 Å². The highest BCUT2D eigenvalue weighted by Gasteiger charge is 2.29. The quantitative estimate of drug-likeness (QED) is 0.318. The minimum atomic E-state index is -3.24. The van der Waals surface area contributed by atoms with E-state index in [2.05, 4.69) is 23.4 Å². The van der Waals surface area contributed by atoms with Crippen molar-refractivity contribution in [1.29, 1.82) is 0 Å². The maximum Gasteiger partial charge on any atom is 0.259 e. The van der Waals surface area contributed by atoms with Crippen molar-refractivity contribution in [3.05, 3.63) is 70.0 Å². The number of nitrogens with one attached hydrogen (secondary N) is 1. The second-order valence-electron chi connectivity index (χ2n) is 11.5. The van der Waals surface area contributed by atoms with Gasteiger partial charge in [0.25, 0.3) is 5.56 Å². The summed E-state index contributed by atoms with van der Waals surface area (Å²) in [6.45, 7) is 6.93. The summed E-state index contributed by atoms with van der Waals surface area (Å²) in [5, 5.41) is 15.2. The first kappa shape index (κ1) is 28.1. The molecule has 0 bridgehead atoms. The van der Waals surface area contributed by atoms with Crippen molar-refractivity contribution in [1.82, 2.24) is 33.4 Å². The zero-order valence-corrected chi connectivity index (χ0v) is 25.6. The van der Waals surface area contributed by atoms with E-state index in [0.717, 1.165) is 50.2 Å². The van der Waals surface area contributed by atoms with E-state index in [-0.39, 0.29) is 17.6 Å². The summed E-state index contributed by atoms with van der Waals surface area (Å²) < 4.78 is 31.0. The van der Waals surface area contributed by atoms with Gasteiger partial charge in [0.05, 0.1) is 36.1 Å². The average Bonchev–Trinajstić information content (AvgIpc) is 3.58. The maximum atomic E-state index is 13.8. The highest BCUT2D eigenvalue weighted by Crippen LogP contribution is 2.36. The maximum absolute atomic E-state index is 13.8. The molecule has 1 atom stereocenters. The zero-order chi connectivity index (χ0) is 29.9. The van der Waals surface area contributed by atoms with Gasteiger partial charge in [0.2, 0.25) is 10.0 Å². The van der Waals surface area contributed by atoms with Gasteiger partial charge < -0.3 is 5.32 Å². The van der Waals surface area contributed by atoms with Crippen LogP contribution >= 0.6 is 0 Å². The van der Waals surface area contributed by atoms with Crippen molar-refractivity contribution in [3.8, 4) is 11.3 Å². The largest absolute Gasteiger partial charge is 0.377 e. The molecule has 5 aromatic rings. The molecule has 0 radical (unpaired) electrons. The van der Waals surface area contributed by atoms with E-state index in [1.54, 1.807) is 16.3 Å². The minimum Gasteiger partial charge on any atom is -0.377 e. The van der Waals surface area contributed by atoms with E-state index in [0.29, 0.717) is 31.3 Å². The second-order valence-corrected chi connectivity index (χ2v) is 13.5. The lowest BCUT2D eigenvalue weighted by atomic mass is 9.95. The molecule has 1 aliphatic rings. The van der Waals surface area contributed by atoms with Gasteiger partial charge in [0, 0.05) is 66.8 Å². The lowest BCUT2D eigenvalue weighted by molar-refractivity contribution is 0.265. The minimum absolute atomic E-state index is 0.00586. The number of nitrogens with zero attached hydrogens (tertiary/aromatic N) is 7. The van der Waals surface area contributed by atoms with Gasteiger partial charge in [-0.15, -0.1) is 0 Å². The Balaban J connectivity index is 1.45. The predicted molar refractivity (Wildman–Crippen MR) is 165 cm³/mol. The molecule has 12 heteroatoms. The Labute approximate surface area is 244 Å². The number of aromatic nitrogens is 6. The fourth-order valence-electron chi connectivity index (χ4n) is 6.20. The number of anilines is 1. The number of piperidine rings is 1. The molecule has 4 aromatic heterocycles. The fraction of sp³-hybridized carbons (Fsp3) is 0.400. The van der Waals surface area contributed by atoms with Gasteiger partial charge >= 0.3 is 0 Å². The number of pyridine rings is 2. The van der Waals surface area contributed by atoms with Crippen molar-refractivity contribution >= 4 is 37.5 Å². The van der Waals surface area contributed by atoms with Crippen molar-refractivity contribution in [2.45, 2.75) is 45.7 Å². The molecule has 11 nitrogen and oxygen atoms in total. The van der Waals surface area contributed by atoms with Crippen molar-refractivity contribution < 1.29 is 8.42 Å². The highest BCUT2D eigenvalue weighted by atomic mass is 32.2. The molecule has 1 aromatic carbocycles. The van der Waals surface area contributed by atoms with Crippen molar-refractivity contribution in [2.24, 2.45) is 14.1 Å². The zero-order valence-electron chi connectivity index (χ0n) is 24.8. The molecule has 0 aliphatic carbocycles. The SMILES string of the molecule is Cc1cc(C(C)Nc2ccc(C)nc2-c2cnn(C)c2)c2c(c1)c(=O)n(C)c1c2cnn1C1CCN(S(C)(=O)=O)CC1. The Morgan fingerprint density at radius 1 is 1.02 bits per heavy atom. The van der Waals surface area contributed by atoms with E-state index in [1.807, 2.05) is 62.4 Å². The van der Waals surface area contributed by atoms with Gasteiger partial charge in [0.1, 0.15) is 5.65 Å². The van der Waals surface area contributed by atoms with Crippen LogP contribution in [0.1, 0.15) is 48.7 Å². The first-order chi connectivity index (χ1) is 19.9. The van der Waals surface area contributed by atoms with Crippen LogP contribution < -0.4 is 10.9 Å². The van der Waals surface area contributed by atoms with Gasteiger partial charge in [-0.2, -0.15) is 10.2 Å². The van der Waals surface area contributed by atoms with Crippen LogP contribution in [-0.2, 0) is 24.1 Å². The lowest BCUT2D eigenvalue weighted by Crippen LogP contribution is -2.38. The number of sulfonamides is 1. The molecule has 1 N–H and O–H groups in total. The van der Waals surface area contributed by atoms with Gasteiger partial charge in [-0.25, -0.2) is 17.4 Å². The van der Waals surface area contributed by atoms with E-state index < -0.39 is 10.0 Å². The van der Waals surface area contributed by atoms with E-state index >= 15 is 0 Å². The molecular formula is C30H36N8O3S. The highest BCUT2D eigenvalue weighted by molar-refractivity contribution is 7.88. The number of benzene rings is 1. The van der Waals surface area contributed by atoms with E-state index in [9.17, 15) is 13.2 Å². The van der Waals surface area contributed by atoms with Crippen LogP contribution in [-0.4, -0.2) is 61.2 Å². The summed E-state index contributed by atoms with van der Waals surface area (Å²) in [6.07, 6.45) is 8.11. The molecule has 1 fully saturated rings. The molecule has 0 amide bonds. The Bertz CT molecular complexity index is 2000. The summed E-state index contributed by atoms with van der Waals surface area (Å²) in [7, 11) is 0.432. The molecule has 42 heavy (non-hydrogen) atoms. The number of fused-ring (bicyclic) bond motifs is 3. The third-order valence-corrected chi connectivity index (χ3v) is 9.60. The summed E-state index contributed by atoms with van der Waals surface area (Å²) in [4.78, 5) is 18.6. The molecule has 220 valence electrons. The lowest BCUT2D eigenvalue weighted by Gasteiger charge is -2.30. The van der Waals surface area contributed by atoms with E-state index in [1.165, 1.54) is 10.6 Å². The molecule has 0 spiro atoms. The van der Waals surface area contributed by atoms with Crippen molar-refractivity contribution in [2.75, 3.05) is 24.7 Å². The first-order valence-corrected chi connectivity index (χ1v) is 16.0. The molecule has 1 aliphatic heterocycles. The van der Waals surface area contributed by atoms with Gasteiger partial charge in [0.15, 0.2) is 0 Å². The average molecular weight is 589 g/mol. The number of hydrogen-bond donors (Lipinski definition) is 1. The topological polar surface area (TPSA) is 120 Å². The number of hydrogen-bond acceptors (Lipinski definition) is 7. The normalized spacial score (nSPS) is 16.0. The predicted octanol–water partition coefficient (Wildman–Crippen LogP) is 4.07. The third-order valence-electron chi connectivity index (χ3n) is 8.29. The molecule has 0 saturated carbocycles. The van der Waals surface area contributed by atoms with Gasteiger partial charge in [-0.1, -0.05) is 6.07 Å². The Kier molecular flexibility index (Phi) is 6.93. The van der Waals surface area contributed by atoms with Crippen LogP contribution in [0.25, 0.3) is 33.1 Å². The fourth-order valence-corrected chi connectivity index (χ4v) is 7.08. The summed E-state index contributed by atoms with van der Waals surface area (Å²) in [5.74, 6) is 0. The Morgan fingerprint density at radius 2 is 1.76 bits per heavy atom. The third kappa shape index (κ3) is 4.88. The van der Waals surface area contributed by atoms with Crippen LogP contribution in [0.4, 0.5) is 5.69 Å². The van der Waals surface area contributed by atoms with Crippen LogP contribution in [0.2, 0.25) is 0 Å². The molecule has 1 unspecified atom stereocenters. The Morgan fingerprint density at radius 3 is 2.43 bits per heavy atom. The monoisotopic (exact) mass is 588 g/mol. The molecular weight excluding hydrogens is 552 g/mol. The van der Waals surface area contributed by atoms with E-state index in [4.69, 9.17) is 10.1 Å². The Hall–Kier alpha value is -4.03. The number of aryl methyl sites for hydroxylation is 4. The smallest absolute Gasteiger partial charge is 0.259 e. The molecule has 1 saturated heterocycles. The first-order valence-electron chi connectivity index (χ1n) is 14.1. The number of rotatable bonds is 6.